The van der Waals surface area contributed by atoms with Crippen molar-refractivity contribution in [3.05, 3.63) is 30.3 Å². The zero-order chi connectivity index (χ0) is 12.8. The summed E-state index contributed by atoms with van der Waals surface area (Å²) in [6.07, 6.45) is 4.19. The highest BCUT2D eigenvalue weighted by Crippen LogP contribution is 2.45. The molecule has 1 saturated carbocycles. The molecule has 1 aliphatic rings. The minimum absolute atomic E-state index is 0. The number of nitrogens with two attached hydrogens (primary N) is 1. The molecular formula is C14H21ClN2OS. The Hall–Kier alpha value is -0.710. The molecule has 19 heavy (non-hydrogen) atoms. The van der Waals surface area contributed by atoms with Crippen molar-refractivity contribution in [2.75, 3.05) is 13.1 Å². The summed E-state index contributed by atoms with van der Waals surface area (Å²) in [7, 11) is 0. The Bertz CT molecular complexity index is 394. The zero-order valence-electron chi connectivity index (χ0n) is 10.9. The monoisotopic (exact) mass is 300 g/mol. The van der Waals surface area contributed by atoms with Crippen LogP contribution in [0.5, 0.6) is 0 Å². The molecular weight excluding hydrogens is 280 g/mol. The molecule has 2 rings (SSSR count). The highest BCUT2D eigenvalue weighted by atomic mass is 35.5. The number of amides is 1. The maximum Gasteiger partial charge on any atom is 0.236 e. The van der Waals surface area contributed by atoms with E-state index in [1.54, 1.807) is 11.8 Å². The van der Waals surface area contributed by atoms with E-state index in [-0.39, 0.29) is 23.1 Å². The molecule has 3 nitrogen and oxygen atoms in total. The van der Waals surface area contributed by atoms with E-state index in [2.05, 4.69) is 17.4 Å². The van der Waals surface area contributed by atoms with Crippen molar-refractivity contribution < 1.29 is 4.79 Å². The summed E-state index contributed by atoms with van der Waals surface area (Å²) in [5.41, 5.74) is 5.45. The van der Waals surface area contributed by atoms with E-state index in [9.17, 15) is 4.79 Å². The van der Waals surface area contributed by atoms with Gasteiger partial charge < -0.3 is 11.1 Å². The maximum absolute atomic E-state index is 12.3. The number of thioether (sulfide) groups is 1. The van der Waals surface area contributed by atoms with E-state index in [0.717, 1.165) is 25.7 Å². The van der Waals surface area contributed by atoms with Crippen molar-refractivity contribution in [2.45, 2.75) is 35.3 Å². The van der Waals surface area contributed by atoms with Crippen LogP contribution < -0.4 is 11.1 Å². The van der Waals surface area contributed by atoms with Gasteiger partial charge in [0.2, 0.25) is 5.91 Å². The molecule has 0 spiro atoms. The lowest BCUT2D eigenvalue weighted by Crippen LogP contribution is -2.44. The van der Waals surface area contributed by atoms with Gasteiger partial charge in [0.25, 0.3) is 0 Å². The van der Waals surface area contributed by atoms with Gasteiger partial charge in [-0.15, -0.1) is 24.2 Å². The normalized spacial score (nSPS) is 16.7. The Balaban J connectivity index is 0.00000180. The molecule has 0 saturated heterocycles. The van der Waals surface area contributed by atoms with Gasteiger partial charge in [0.15, 0.2) is 0 Å². The van der Waals surface area contributed by atoms with Gasteiger partial charge in [-0.2, -0.15) is 0 Å². The van der Waals surface area contributed by atoms with Gasteiger partial charge in [-0.25, -0.2) is 0 Å². The molecule has 5 heteroatoms. The summed E-state index contributed by atoms with van der Waals surface area (Å²) in [6.45, 7) is 1.06. The maximum atomic E-state index is 12.3. The van der Waals surface area contributed by atoms with Crippen LogP contribution in [0.3, 0.4) is 0 Å². The van der Waals surface area contributed by atoms with Crippen molar-refractivity contribution in [3.63, 3.8) is 0 Å². The number of hydrogen-bond donors (Lipinski definition) is 2. The molecule has 0 aromatic heterocycles. The number of rotatable bonds is 5. The predicted molar refractivity (Wildman–Crippen MR) is 82.8 cm³/mol. The second-order valence-electron chi connectivity index (χ2n) is 4.66. The van der Waals surface area contributed by atoms with Crippen LogP contribution in [-0.4, -0.2) is 23.7 Å². The molecule has 3 N–H and O–H groups in total. The minimum Gasteiger partial charge on any atom is -0.354 e. The molecule has 0 atom stereocenters. The van der Waals surface area contributed by atoms with Gasteiger partial charge in [-0.05, 0) is 25.0 Å². The lowest BCUT2D eigenvalue weighted by molar-refractivity contribution is -0.123. The summed E-state index contributed by atoms with van der Waals surface area (Å²) < 4.78 is -0.281. The third-order valence-electron chi connectivity index (χ3n) is 3.31. The Morgan fingerprint density at radius 2 is 1.89 bits per heavy atom. The van der Waals surface area contributed by atoms with Crippen molar-refractivity contribution in [2.24, 2.45) is 5.73 Å². The van der Waals surface area contributed by atoms with E-state index < -0.39 is 0 Å². The Kier molecular flexibility index (Phi) is 6.69. The van der Waals surface area contributed by atoms with Gasteiger partial charge in [-0.1, -0.05) is 31.0 Å². The number of nitrogens with one attached hydrogen (secondary N) is 1. The van der Waals surface area contributed by atoms with Crippen LogP contribution in [-0.2, 0) is 4.79 Å². The topological polar surface area (TPSA) is 55.1 Å². The summed E-state index contributed by atoms with van der Waals surface area (Å²) in [5, 5.41) is 2.95. The summed E-state index contributed by atoms with van der Waals surface area (Å²) in [4.78, 5) is 13.5. The van der Waals surface area contributed by atoms with E-state index in [0.29, 0.717) is 13.1 Å². The van der Waals surface area contributed by atoms with Crippen molar-refractivity contribution >= 4 is 30.1 Å². The van der Waals surface area contributed by atoms with Crippen molar-refractivity contribution in [1.29, 1.82) is 0 Å². The average Bonchev–Trinajstić information content (AvgIpc) is 2.87. The molecule has 0 radical (unpaired) electrons. The minimum atomic E-state index is -0.281. The Labute approximate surface area is 125 Å². The second-order valence-corrected chi connectivity index (χ2v) is 6.12. The van der Waals surface area contributed by atoms with Gasteiger partial charge >= 0.3 is 0 Å². The average molecular weight is 301 g/mol. The van der Waals surface area contributed by atoms with Crippen molar-refractivity contribution in [3.8, 4) is 0 Å². The van der Waals surface area contributed by atoms with E-state index in [1.165, 1.54) is 4.90 Å². The SMILES string of the molecule is Cl.NCCNC(=O)C1(Sc2ccccc2)CCCC1. The lowest BCUT2D eigenvalue weighted by atomic mass is 10.1. The first-order valence-corrected chi connectivity index (χ1v) is 7.31. The highest BCUT2D eigenvalue weighted by Gasteiger charge is 2.41. The molecule has 1 aromatic rings. The fourth-order valence-electron chi connectivity index (χ4n) is 2.38. The number of carbonyl (C=O) groups excluding carboxylic acids is 1. The van der Waals surface area contributed by atoms with Gasteiger partial charge in [0.05, 0.1) is 4.75 Å². The highest BCUT2D eigenvalue weighted by molar-refractivity contribution is 8.01. The van der Waals surface area contributed by atoms with Crippen LogP contribution in [0.25, 0.3) is 0 Å². The van der Waals surface area contributed by atoms with Crippen LogP contribution in [0, 0.1) is 0 Å². The fourth-order valence-corrected chi connectivity index (χ4v) is 3.78. The Morgan fingerprint density at radius 3 is 2.47 bits per heavy atom. The lowest BCUT2D eigenvalue weighted by Gasteiger charge is -2.27. The van der Waals surface area contributed by atoms with Crippen LogP contribution in [0.2, 0.25) is 0 Å². The number of carbonyl (C=O) groups is 1. The standard InChI is InChI=1S/C14H20N2OS.ClH/c15-10-11-16-13(17)14(8-4-5-9-14)18-12-6-2-1-3-7-12;/h1-3,6-7H,4-5,8-11,15H2,(H,16,17);1H. The summed E-state index contributed by atoms with van der Waals surface area (Å²) in [5.74, 6) is 0.152. The second kappa shape index (κ2) is 7.78. The number of halogens is 1. The first-order chi connectivity index (χ1) is 8.77. The number of benzene rings is 1. The van der Waals surface area contributed by atoms with Crippen LogP contribution in [0.1, 0.15) is 25.7 Å². The van der Waals surface area contributed by atoms with Gasteiger partial charge in [0.1, 0.15) is 0 Å². The quantitative estimate of drug-likeness (QED) is 0.879. The smallest absolute Gasteiger partial charge is 0.236 e. The molecule has 1 aliphatic carbocycles. The molecule has 1 fully saturated rings. The molecule has 106 valence electrons. The first-order valence-electron chi connectivity index (χ1n) is 6.49. The molecule has 1 amide bonds. The van der Waals surface area contributed by atoms with Gasteiger partial charge in [-0.3, -0.25) is 4.79 Å². The third kappa shape index (κ3) is 4.13. The summed E-state index contributed by atoms with van der Waals surface area (Å²) >= 11 is 1.70. The Morgan fingerprint density at radius 1 is 1.26 bits per heavy atom. The molecule has 0 unspecified atom stereocenters. The van der Waals surface area contributed by atoms with E-state index >= 15 is 0 Å². The fraction of sp³-hybridized carbons (Fsp3) is 0.500. The van der Waals surface area contributed by atoms with E-state index in [1.807, 2.05) is 18.2 Å². The molecule has 0 aliphatic heterocycles. The van der Waals surface area contributed by atoms with E-state index in [4.69, 9.17) is 5.73 Å². The summed E-state index contributed by atoms with van der Waals surface area (Å²) in [6, 6.07) is 10.2. The van der Waals surface area contributed by atoms with Crippen LogP contribution >= 0.6 is 24.2 Å². The van der Waals surface area contributed by atoms with Crippen molar-refractivity contribution in [1.82, 2.24) is 5.32 Å². The predicted octanol–water partition coefficient (Wildman–Crippen LogP) is 2.59. The zero-order valence-corrected chi connectivity index (χ0v) is 12.6. The third-order valence-corrected chi connectivity index (χ3v) is 4.80. The molecule has 1 aromatic carbocycles. The largest absolute Gasteiger partial charge is 0.354 e. The first kappa shape index (κ1) is 16.3. The van der Waals surface area contributed by atoms with Gasteiger partial charge in [0, 0.05) is 18.0 Å². The molecule has 0 bridgehead atoms. The van der Waals surface area contributed by atoms with Crippen LogP contribution in [0.15, 0.2) is 35.2 Å². The molecule has 0 heterocycles. The number of hydrogen-bond acceptors (Lipinski definition) is 3. The van der Waals surface area contributed by atoms with Crippen LogP contribution in [0.4, 0.5) is 0 Å².